The maximum atomic E-state index is 13.7. The summed E-state index contributed by atoms with van der Waals surface area (Å²) in [5.74, 6) is -0.512. The molecule has 4 aromatic rings. The third-order valence-electron chi connectivity index (χ3n) is 8.06. The highest BCUT2D eigenvalue weighted by atomic mass is 32.1. The van der Waals surface area contributed by atoms with E-state index in [9.17, 15) is 14.7 Å². The molecule has 0 aliphatic carbocycles. The van der Waals surface area contributed by atoms with Gasteiger partial charge in [0, 0.05) is 31.0 Å². The number of nitrogens with one attached hydrogen (secondary N) is 2. The van der Waals surface area contributed by atoms with E-state index in [0.29, 0.717) is 50.0 Å². The number of likely N-dealkylation sites (tertiary alicyclic amines) is 1. The Kier molecular flexibility index (Phi) is 7.95. The van der Waals surface area contributed by atoms with Gasteiger partial charge in [-0.25, -0.2) is 9.78 Å². The maximum Gasteiger partial charge on any atom is 0.331 e. The summed E-state index contributed by atoms with van der Waals surface area (Å²) in [6.07, 6.45) is 5.07. The van der Waals surface area contributed by atoms with Crippen molar-refractivity contribution in [2.24, 2.45) is 0 Å². The molecule has 0 spiro atoms. The number of nitrogens with zero attached hydrogens (tertiary/aromatic N) is 3. The Bertz CT molecular complexity index is 1900. The molecule has 0 unspecified atom stereocenters. The zero-order valence-corrected chi connectivity index (χ0v) is 25.3. The van der Waals surface area contributed by atoms with E-state index in [2.05, 4.69) is 33.7 Å². The topological polar surface area (TPSA) is 107 Å². The average molecular weight is 607 g/mol. The predicted octanol–water partition coefficient (Wildman–Crippen LogP) is 1.86. The second-order valence-electron chi connectivity index (χ2n) is 10.9. The summed E-state index contributed by atoms with van der Waals surface area (Å²) in [7, 11) is 23.6. The first-order valence-electron chi connectivity index (χ1n) is 14.1. The van der Waals surface area contributed by atoms with Crippen molar-refractivity contribution in [3.63, 3.8) is 0 Å². The van der Waals surface area contributed by atoms with Crippen molar-refractivity contribution < 1.29 is 19.4 Å². The molecule has 0 bridgehead atoms. The SMILES string of the molecule is [B]c1c([B])c([B])c(Oc2ccc(N3C(=O)Nc4c(C(=O)N[C@@H]5CCCN(C(=C)C=C)C5)sc5nccc3c45)c(C)c2)c(O)c1[B]. The van der Waals surface area contributed by atoms with Gasteiger partial charge < -0.3 is 25.4 Å². The first-order chi connectivity index (χ1) is 21.5. The number of carbonyl (C=O) groups excluding carboxylic acids is 2. The van der Waals surface area contributed by atoms with Gasteiger partial charge in [-0.1, -0.05) is 24.1 Å². The number of aromatic hydroxyl groups is 1. The second-order valence-corrected chi connectivity index (χ2v) is 11.9. The molecule has 0 saturated carbocycles. The molecule has 14 heteroatoms. The Morgan fingerprint density at radius 2 is 1.93 bits per heavy atom. The van der Waals surface area contributed by atoms with Crippen LogP contribution in [0.2, 0.25) is 0 Å². The Labute approximate surface area is 270 Å². The fraction of sp³-hybridized carbons (Fsp3) is 0.194. The highest BCUT2D eigenvalue weighted by Gasteiger charge is 2.34. The lowest BCUT2D eigenvalue weighted by atomic mass is 9.66. The predicted molar refractivity (Wildman–Crippen MR) is 183 cm³/mol. The van der Waals surface area contributed by atoms with Gasteiger partial charge in [-0.3, -0.25) is 9.69 Å². The van der Waals surface area contributed by atoms with Crippen LogP contribution in [0.15, 0.2) is 55.4 Å². The number of urea groups is 1. The maximum absolute atomic E-state index is 13.7. The summed E-state index contributed by atoms with van der Waals surface area (Å²) in [6.45, 7) is 11.1. The van der Waals surface area contributed by atoms with Gasteiger partial charge in [0.15, 0.2) is 5.75 Å². The smallest absolute Gasteiger partial charge is 0.331 e. The number of allylic oxidation sites excluding steroid dienone is 1. The summed E-state index contributed by atoms with van der Waals surface area (Å²) < 4.78 is 5.86. The van der Waals surface area contributed by atoms with E-state index in [4.69, 9.17) is 36.1 Å². The van der Waals surface area contributed by atoms with Gasteiger partial charge in [-0.05, 0) is 55.7 Å². The molecule has 3 amide bonds. The highest BCUT2D eigenvalue weighted by Crippen LogP contribution is 2.46. The number of hydrogen-bond acceptors (Lipinski definition) is 7. The summed E-state index contributed by atoms with van der Waals surface area (Å²) in [6, 6.07) is 6.22. The van der Waals surface area contributed by atoms with Crippen molar-refractivity contribution >= 4 is 104 Å². The molecule has 2 aromatic carbocycles. The number of hydrogen-bond donors (Lipinski definition) is 3. The second kappa shape index (κ2) is 11.7. The van der Waals surface area contributed by atoms with Crippen molar-refractivity contribution in [1.82, 2.24) is 15.2 Å². The number of ether oxygens (including phenoxy) is 1. The Morgan fingerprint density at radius 1 is 1.18 bits per heavy atom. The van der Waals surface area contributed by atoms with Crippen molar-refractivity contribution in [1.29, 1.82) is 0 Å². The monoisotopic (exact) mass is 607 g/mol. The molecule has 2 aliphatic heterocycles. The fourth-order valence-corrected chi connectivity index (χ4v) is 6.70. The molecule has 1 saturated heterocycles. The number of rotatable bonds is 7. The molecule has 9 nitrogen and oxygen atoms in total. The van der Waals surface area contributed by atoms with Crippen molar-refractivity contribution in [2.45, 2.75) is 25.8 Å². The van der Waals surface area contributed by atoms with E-state index in [1.54, 1.807) is 43.5 Å². The Balaban J connectivity index is 1.30. The number of benzene rings is 2. The lowest BCUT2D eigenvalue weighted by molar-refractivity contribution is 0.0920. The summed E-state index contributed by atoms with van der Waals surface area (Å²) in [5.41, 5.74) is 2.84. The van der Waals surface area contributed by atoms with Crippen LogP contribution in [-0.4, -0.2) is 77.4 Å². The molecule has 1 fully saturated rings. The molecule has 2 aromatic heterocycles. The summed E-state index contributed by atoms with van der Waals surface area (Å²) >= 11 is 1.23. The minimum atomic E-state index is -0.439. The van der Waals surface area contributed by atoms with Crippen molar-refractivity contribution in [3.8, 4) is 17.2 Å². The van der Waals surface area contributed by atoms with Crippen LogP contribution in [0.1, 0.15) is 28.1 Å². The van der Waals surface area contributed by atoms with Gasteiger partial charge in [-0.15, -0.1) is 22.3 Å². The van der Waals surface area contributed by atoms with Crippen LogP contribution in [-0.2, 0) is 0 Å². The van der Waals surface area contributed by atoms with Crippen LogP contribution >= 0.6 is 11.3 Å². The highest BCUT2D eigenvalue weighted by molar-refractivity contribution is 7.21. The number of aromatic nitrogens is 1. The van der Waals surface area contributed by atoms with E-state index < -0.39 is 11.8 Å². The van der Waals surface area contributed by atoms with Gasteiger partial charge >= 0.3 is 6.03 Å². The first-order valence-corrected chi connectivity index (χ1v) is 14.9. The number of phenols is 1. The van der Waals surface area contributed by atoms with E-state index in [1.807, 2.05) is 0 Å². The number of carbonyl (C=O) groups is 2. The van der Waals surface area contributed by atoms with E-state index in [0.717, 1.165) is 25.1 Å². The standard InChI is InChI=1S/C31H25B4N5O4S/c1-4-15(3)39-11-5-6-16(13-39)37-29(42)28-25-20-19(9-10-36-30(20)45-28)40(31(43)38-25)18-8-7-17(12-14(18)2)44-27-24(35)22(33)21(32)23(34)26(27)41/h4,7-10,12,16,41H,1,3,5-6,11,13H2,2H3,(H,37,42)(H,38,43)/t16-/m1/s1. The lowest BCUT2D eigenvalue weighted by Crippen LogP contribution is -2.47. The summed E-state index contributed by atoms with van der Waals surface area (Å²) in [5, 5.41) is 17.2. The van der Waals surface area contributed by atoms with Crippen LogP contribution in [0.25, 0.3) is 10.2 Å². The molecule has 8 radical (unpaired) electrons. The molecular weight excluding hydrogens is 582 g/mol. The van der Waals surface area contributed by atoms with Gasteiger partial charge in [0.1, 0.15) is 52.6 Å². The zero-order chi connectivity index (χ0) is 32.2. The van der Waals surface area contributed by atoms with Crippen molar-refractivity contribution in [3.05, 3.63) is 65.8 Å². The number of piperidine rings is 1. The Hall–Kier alpha value is -4.57. The van der Waals surface area contributed by atoms with Gasteiger partial charge in [0.25, 0.3) is 5.91 Å². The number of aryl methyl sites for hydroxylation is 1. The average Bonchev–Trinajstić information content (AvgIpc) is 3.41. The normalized spacial score (nSPS) is 15.9. The van der Waals surface area contributed by atoms with E-state index >= 15 is 0 Å². The molecule has 4 heterocycles. The quantitative estimate of drug-likeness (QED) is 0.219. The third-order valence-corrected chi connectivity index (χ3v) is 9.16. The molecule has 45 heavy (non-hydrogen) atoms. The van der Waals surface area contributed by atoms with Gasteiger partial charge in [0.2, 0.25) is 0 Å². The minimum absolute atomic E-state index is 0.000684. The zero-order valence-electron chi connectivity index (χ0n) is 24.5. The number of pyridine rings is 1. The summed E-state index contributed by atoms with van der Waals surface area (Å²) in [4.78, 5) is 36.3. The first kappa shape index (κ1) is 30.5. The largest absolute Gasteiger partial charge is 0.505 e. The molecule has 216 valence electrons. The molecule has 3 N–H and O–H groups in total. The molecule has 2 aliphatic rings. The number of phenolic OH excluding ortho intramolecular Hbond substituents is 1. The van der Waals surface area contributed by atoms with Crippen LogP contribution in [0.3, 0.4) is 0 Å². The molecule has 6 rings (SSSR count). The molecular formula is C31H25B4N5O4S. The van der Waals surface area contributed by atoms with Crippen molar-refractivity contribution in [2.75, 3.05) is 23.3 Å². The third kappa shape index (κ3) is 5.27. The fourth-order valence-electron chi connectivity index (χ4n) is 5.67. The minimum Gasteiger partial charge on any atom is -0.505 e. The number of anilines is 3. The Morgan fingerprint density at radius 3 is 2.67 bits per heavy atom. The van der Waals surface area contributed by atoms with Crippen LogP contribution in [0, 0.1) is 6.92 Å². The van der Waals surface area contributed by atoms with E-state index in [-0.39, 0.29) is 39.5 Å². The van der Waals surface area contributed by atoms with Gasteiger partial charge in [-0.2, -0.15) is 0 Å². The number of amides is 3. The van der Waals surface area contributed by atoms with Crippen LogP contribution in [0.5, 0.6) is 17.2 Å². The van der Waals surface area contributed by atoms with Crippen LogP contribution in [0.4, 0.5) is 21.9 Å². The number of thiophene rings is 1. The lowest BCUT2D eigenvalue weighted by Gasteiger charge is -2.35. The van der Waals surface area contributed by atoms with Crippen LogP contribution < -0.4 is 42.1 Å². The van der Waals surface area contributed by atoms with E-state index in [1.165, 1.54) is 16.2 Å². The molecule has 1 atom stereocenters. The van der Waals surface area contributed by atoms with Gasteiger partial charge in [0.05, 0.1) is 22.4 Å².